The number of aromatic nitrogens is 1. The van der Waals surface area contributed by atoms with Gasteiger partial charge in [-0.25, -0.2) is 4.79 Å². The van der Waals surface area contributed by atoms with Crippen LogP contribution in [0.2, 0.25) is 0 Å². The molecular formula is C21H22N4O4. The molecule has 1 saturated heterocycles. The van der Waals surface area contributed by atoms with Crippen molar-refractivity contribution in [1.29, 1.82) is 0 Å². The lowest BCUT2D eigenvalue weighted by atomic mass is 9.95. The smallest absolute Gasteiger partial charge is 0.317 e. The molecule has 1 atom stereocenters. The third-order valence-electron chi connectivity index (χ3n) is 5.55. The van der Waals surface area contributed by atoms with E-state index in [4.69, 9.17) is 0 Å². The van der Waals surface area contributed by atoms with Crippen molar-refractivity contribution < 1.29 is 14.4 Å². The lowest BCUT2D eigenvalue weighted by Crippen LogP contribution is -2.44. The minimum Gasteiger partial charge on any atom is -0.341 e. The molecule has 0 bridgehead atoms. The van der Waals surface area contributed by atoms with Crippen LogP contribution in [0.4, 0.5) is 4.79 Å². The van der Waals surface area contributed by atoms with Crippen LogP contribution in [0.25, 0.3) is 11.1 Å². The zero-order chi connectivity index (χ0) is 20.5. The summed E-state index contributed by atoms with van der Waals surface area (Å²) in [6.45, 7) is 1.21. The normalized spacial score (nSPS) is 18.8. The number of rotatable bonds is 2. The average Bonchev–Trinajstić information content (AvgIpc) is 2.73. The van der Waals surface area contributed by atoms with Crippen molar-refractivity contribution in [3.63, 3.8) is 0 Å². The van der Waals surface area contributed by atoms with E-state index >= 15 is 0 Å². The predicted molar refractivity (Wildman–Crippen MR) is 106 cm³/mol. The van der Waals surface area contributed by atoms with E-state index in [1.165, 1.54) is 10.6 Å². The maximum atomic E-state index is 12.6. The van der Waals surface area contributed by atoms with E-state index in [2.05, 4.69) is 16.7 Å². The van der Waals surface area contributed by atoms with Gasteiger partial charge in [0.25, 0.3) is 5.56 Å². The molecule has 0 radical (unpaired) electrons. The zero-order valence-corrected chi connectivity index (χ0v) is 16.1. The summed E-state index contributed by atoms with van der Waals surface area (Å²) in [7, 11) is 1.62. The van der Waals surface area contributed by atoms with E-state index in [-0.39, 0.29) is 23.9 Å². The van der Waals surface area contributed by atoms with Gasteiger partial charge in [0.05, 0.1) is 0 Å². The van der Waals surface area contributed by atoms with E-state index in [9.17, 15) is 19.2 Å². The molecular weight excluding hydrogens is 372 g/mol. The SMILES string of the molecule is CNC(=O)N1CCc2cc(-c3ccn(C4CCC(=O)NC4=O)c(=O)c3)ccc2C1. The number of fused-ring (bicyclic) bond motifs is 1. The number of nitrogens with zero attached hydrogens (tertiary/aromatic N) is 2. The van der Waals surface area contributed by atoms with Gasteiger partial charge < -0.3 is 14.8 Å². The van der Waals surface area contributed by atoms with Crippen molar-refractivity contribution in [3.8, 4) is 11.1 Å². The molecule has 1 unspecified atom stereocenters. The predicted octanol–water partition coefficient (Wildman–Crippen LogP) is 1.19. The van der Waals surface area contributed by atoms with Gasteiger partial charge in [-0.2, -0.15) is 0 Å². The second-order valence-electron chi connectivity index (χ2n) is 7.34. The summed E-state index contributed by atoms with van der Waals surface area (Å²) < 4.78 is 1.38. The third kappa shape index (κ3) is 3.65. The van der Waals surface area contributed by atoms with Crippen molar-refractivity contribution in [1.82, 2.24) is 20.1 Å². The standard InChI is InChI=1S/C21H22N4O4/c1-22-21(29)24-8-6-14-10-13(2-3-16(14)12-24)15-7-9-25(19(27)11-15)17-4-5-18(26)23-20(17)28/h2-3,7,9-11,17H,4-6,8,12H2,1H3,(H,22,29)(H,23,26,28). The lowest BCUT2D eigenvalue weighted by molar-refractivity contribution is -0.135. The van der Waals surface area contributed by atoms with Crippen LogP contribution in [0.15, 0.2) is 41.3 Å². The summed E-state index contributed by atoms with van der Waals surface area (Å²) in [5.41, 5.74) is 3.68. The molecule has 4 amide bonds. The van der Waals surface area contributed by atoms with Gasteiger partial charge in [0.1, 0.15) is 6.04 Å². The summed E-state index contributed by atoms with van der Waals surface area (Å²) in [5, 5.41) is 4.93. The highest BCUT2D eigenvalue weighted by Crippen LogP contribution is 2.26. The van der Waals surface area contributed by atoms with Crippen LogP contribution >= 0.6 is 0 Å². The maximum Gasteiger partial charge on any atom is 0.317 e. The Kier molecular flexibility index (Phi) is 4.92. The fourth-order valence-corrected chi connectivity index (χ4v) is 3.94. The number of amides is 4. The van der Waals surface area contributed by atoms with Crippen molar-refractivity contribution in [3.05, 3.63) is 58.0 Å². The van der Waals surface area contributed by atoms with Crippen molar-refractivity contribution >= 4 is 17.8 Å². The second-order valence-corrected chi connectivity index (χ2v) is 7.34. The van der Waals surface area contributed by atoms with Crippen LogP contribution < -0.4 is 16.2 Å². The minimum atomic E-state index is -0.659. The van der Waals surface area contributed by atoms with E-state index in [1.54, 1.807) is 18.1 Å². The summed E-state index contributed by atoms with van der Waals surface area (Å²) in [4.78, 5) is 49.6. The van der Waals surface area contributed by atoms with E-state index < -0.39 is 11.9 Å². The van der Waals surface area contributed by atoms with E-state index in [1.807, 2.05) is 18.2 Å². The molecule has 1 fully saturated rings. The number of hydrogen-bond donors (Lipinski definition) is 2. The molecule has 1 aromatic heterocycles. The van der Waals surface area contributed by atoms with Gasteiger partial charge in [0, 0.05) is 38.8 Å². The van der Waals surface area contributed by atoms with Crippen LogP contribution in [0, 0.1) is 0 Å². The molecule has 0 spiro atoms. The van der Waals surface area contributed by atoms with Crippen LogP contribution in [-0.4, -0.2) is 40.9 Å². The quantitative estimate of drug-likeness (QED) is 0.747. The number of hydrogen-bond acceptors (Lipinski definition) is 4. The molecule has 29 heavy (non-hydrogen) atoms. The fourth-order valence-electron chi connectivity index (χ4n) is 3.94. The van der Waals surface area contributed by atoms with Crippen LogP contribution in [0.1, 0.15) is 30.0 Å². The Balaban J connectivity index is 1.58. The molecule has 0 saturated carbocycles. The van der Waals surface area contributed by atoms with Crippen molar-refractivity contribution in [2.45, 2.75) is 31.8 Å². The first kappa shape index (κ1) is 18.9. The first-order valence-electron chi connectivity index (χ1n) is 9.61. The monoisotopic (exact) mass is 394 g/mol. The molecule has 3 heterocycles. The summed E-state index contributed by atoms with van der Waals surface area (Å²) in [6.07, 6.45) is 2.92. The number of imide groups is 1. The van der Waals surface area contributed by atoms with Gasteiger partial charge in [0.2, 0.25) is 11.8 Å². The zero-order valence-electron chi connectivity index (χ0n) is 16.1. The van der Waals surface area contributed by atoms with Gasteiger partial charge in [0.15, 0.2) is 0 Å². The minimum absolute atomic E-state index is 0.0863. The number of benzene rings is 1. The van der Waals surface area contributed by atoms with E-state index in [0.29, 0.717) is 19.5 Å². The highest BCUT2D eigenvalue weighted by molar-refractivity contribution is 5.99. The highest BCUT2D eigenvalue weighted by atomic mass is 16.2. The fraction of sp³-hybridized carbons (Fsp3) is 0.333. The molecule has 1 aromatic carbocycles. The highest BCUT2D eigenvalue weighted by Gasteiger charge is 2.28. The molecule has 8 heteroatoms. The number of piperidine rings is 1. The Bertz CT molecular complexity index is 1060. The molecule has 150 valence electrons. The van der Waals surface area contributed by atoms with Crippen LogP contribution in [-0.2, 0) is 22.6 Å². The Morgan fingerprint density at radius 3 is 2.59 bits per heavy atom. The molecule has 0 aliphatic carbocycles. The molecule has 2 aromatic rings. The Morgan fingerprint density at radius 2 is 1.86 bits per heavy atom. The Hall–Kier alpha value is -3.42. The third-order valence-corrected chi connectivity index (χ3v) is 5.55. The molecule has 8 nitrogen and oxygen atoms in total. The average molecular weight is 394 g/mol. The molecule has 2 aliphatic heterocycles. The van der Waals surface area contributed by atoms with Crippen molar-refractivity contribution in [2.75, 3.05) is 13.6 Å². The Morgan fingerprint density at radius 1 is 1.07 bits per heavy atom. The first-order chi connectivity index (χ1) is 14.0. The summed E-state index contributed by atoms with van der Waals surface area (Å²) in [5.74, 6) is -0.745. The second kappa shape index (κ2) is 7.54. The number of pyridine rings is 1. The maximum absolute atomic E-state index is 12.6. The van der Waals surface area contributed by atoms with Gasteiger partial charge in [-0.15, -0.1) is 0 Å². The van der Waals surface area contributed by atoms with Gasteiger partial charge in [-0.1, -0.05) is 18.2 Å². The van der Waals surface area contributed by atoms with E-state index in [0.717, 1.165) is 28.7 Å². The number of carbonyl (C=O) groups is 3. The largest absolute Gasteiger partial charge is 0.341 e. The summed E-state index contributed by atoms with van der Waals surface area (Å²) >= 11 is 0. The number of urea groups is 1. The molecule has 2 N–H and O–H groups in total. The lowest BCUT2D eigenvalue weighted by Gasteiger charge is -2.28. The van der Waals surface area contributed by atoms with Crippen molar-refractivity contribution in [2.24, 2.45) is 0 Å². The number of carbonyl (C=O) groups excluding carboxylic acids is 3. The Labute approximate surface area is 167 Å². The topological polar surface area (TPSA) is 101 Å². The molecule has 2 aliphatic rings. The molecule has 4 rings (SSSR count). The van der Waals surface area contributed by atoms with Gasteiger partial charge >= 0.3 is 6.03 Å². The van der Waals surface area contributed by atoms with Crippen LogP contribution in [0.3, 0.4) is 0 Å². The summed E-state index contributed by atoms with van der Waals surface area (Å²) in [6, 6.07) is 8.58. The van der Waals surface area contributed by atoms with Gasteiger partial charge in [-0.3, -0.25) is 19.7 Å². The van der Waals surface area contributed by atoms with Crippen LogP contribution in [0.5, 0.6) is 0 Å². The van der Waals surface area contributed by atoms with Gasteiger partial charge in [-0.05, 0) is 41.2 Å². The number of nitrogens with one attached hydrogen (secondary N) is 2. The first-order valence-corrected chi connectivity index (χ1v) is 9.61.